The summed E-state index contributed by atoms with van der Waals surface area (Å²) in [5, 5.41) is 7.69. The molecular weight excluding hydrogens is 255 g/mol. The molecule has 62 valence electrons. The van der Waals surface area contributed by atoms with Gasteiger partial charge in [0.15, 0.2) is 0 Å². The van der Waals surface area contributed by atoms with Gasteiger partial charge >= 0.3 is 0 Å². The summed E-state index contributed by atoms with van der Waals surface area (Å²) in [6.45, 7) is 6.25. The van der Waals surface area contributed by atoms with Crippen LogP contribution in [0.3, 0.4) is 0 Å². The molecule has 1 heterocycles. The zero-order chi connectivity index (χ0) is 8.43. The van der Waals surface area contributed by atoms with Crippen LogP contribution >= 0.6 is 22.6 Å². The third-order valence-electron chi connectivity index (χ3n) is 1.46. The average Bonchev–Trinajstić information content (AvgIpc) is 2.32. The lowest BCUT2D eigenvalue weighted by Gasteiger charge is -2.02. The summed E-state index contributed by atoms with van der Waals surface area (Å²) in [7, 11) is 0. The number of alkyl halides is 1. The maximum absolute atomic E-state index is 4.66. The van der Waals surface area contributed by atoms with Crippen LogP contribution in [0.25, 0.3) is 0 Å². The van der Waals surface area contributed by atoms with Gasteiger partial charge < -0.3 is 0 Å². The average molecular weight is 266 g/mol. The van der Waals surface area contributed by atoms with E-state index in [-0.39, 0.29) is 0 Å². The van der Waals surface area contributed by atoms with Gasteiger partial charge in [0.1, 0.15) is 11.4 Å². The maximum Gasteiger partial charge on any atom is 0.121 e. The molecule has 0 radical (unpaired) electrons. The molecule has 0 aliphatic heterocycles. The van der Waals surface area contributed by atoms with Gasteiger partial charge in [0.2, 0.25) is 0 Å². The van der Waals surface area contributed by atoms with Crippen LogP contribution in [0.5, 0.6) is 0 Å². The molecular formula is C7H11IN2O. The molecule has 1 aromatic heterocycles. The number of rotatable bonds is 2. The van der Waals surface area contributed by atoms with Crippen molar-refractivity contribution < 1.29 is 4.63 Å². The SMILES string of the molecule is CC(C)c1nonc1C(C)I. The molecule has 4 heteroatoms. The Bertz CT molecular complexity index is 210. The highest BCUT2D eigenvalue weighted by Gasteiger charge is 2.16. The molecule has 1 aromatic rings. The van der Waals surface area contributed by atoms with Crippen molar-refractivity contribution in [3.8, 4) is 0 Å². The Kier molecular flexibility index (Phi) is 2.86. The van der Waals surface area contributed by atoms with Gasteiger partial charge in [-0.3, -0.25) is 0 Å². The third kappa shape index (κ3) is 1.91. The largest absolute Gasteiger partial charge is 0.244 e. The summed E-state index contributed by atoms with van der Waals surface area (Å²) in [6.07, 6.45) is 0. The van der Waals surface area contributed by atoms with E-state index in [0.29, 0.717) is 9.84 Å². The highest BCUT2D eigenvalue weighted by Crippen LogP contribution is 2.26. The molecule has 11 heavy (non-hydrogen) atoms. The summed E-state index contributed by atoms with van der Waals surface area (Å²) in [6, 6.07) is 0. The molecule has 0 spiro atoms. The minimum atomic E-state index is 0.372. The van der Waals surface area contributed by atoms with Crippen LogP contribution in [0, 0.1) is 0 Å². The van der Waals surface area contributed by atoms with Gasteiger partial charge in [-0.2, -0.15) is 0 Å². The number of hydrogen-bond donors (Lipinski definition) is 0. The molecule has 1 atom stereocenters. The topological polar surface area (TPSA) is 38.9 Å². The Morgan fingerprint density at radius 3 is 2.09 bits per heavy atom. The quantitative estimate of drug-likeness (QED) is 0.610. The molecule has 1 rings (SSSR count). The Labute approximate surface area is 79.7 Å². The predicted octanol–water partition coefficient (Wildman–Crippen LogP) is 2.69. The van der Waals surface area contributed by atoms with E-state index in [1.165, 1.54) is 0 Å². The van der Waals surface area contributed by atoms with E-state index >= 15 is 0 Å². The molecule has 0 N–H and O–H groups in total. The van der Waals surface area contributed by atoms with Crippen LogP contribution in [0.15, 0.2) is 4.63 Å². The second-order valence-corrected chi connectivity index (χ2v) is 4.67. The number of aromatic nitrogens is 2. The van der Waals surface area contributed by atoms with Crippen molar-refractivity contribution >= 4 is 22.6 Å². The van der Waals surface area contributed by atoms with Gasteiger partial charge in [-0.1, -0.05) is 46.8 Å². The van der Waals surface area contributed by atoms with Crippen LogP contribution < -0.4 is 0 Å². The normalized spacial score (nSPS) is 13.9. The van der Waals surface area contributed by atoms with Gasteiger partial charge in [-0.25, -0.2) is 4.63 Å². The molecule has 1 unspecified atom stereocenters. The monoisotopic (exact) mass is 266 g/mol. The second kappa shape index (κ2) is 3.51. The van der Waals surface area contributed by atoms with Crippen molar-refractivity contribution in [2.24, 2.45) is 0 Å². The van der Waals surface area contributed by atoms with Crippen molar-refractivity contribution in [2.45, 2.75) is 30.6 Å². The Morgan fingerprint density at radius 2 is 1.73 bits per heavy atom. The van der Waals surface area contributed by atoms with E-state index in [0.717, 1.165) is 11.4 Å². The predicted molar refractivity (Wildman–Crippen MR) is 50.8 cm³/mol. The standard InChI is InChI=1S/C7H11IN2O/c1-4(2)6-7(5(3)8)10-11-9-6/h4-5H,1-3H3. The van der Waals surface area contributed by atoms with Crippen LogP contribution in [0.2, 0.25) is 0 Å². The zero-order valence-corrected chi connectivity index (χ0v) is 8.99. The van der Waals surface area contributed by atoms with Crippen molar-refractivity contribution in [3.05, 3.63) is 11.4 Å². The summed E-state index contributed by atoms with van der Waals surface area (Å²) in [5.74, 6) is 0.397. The zero-order valence-electron chi connectivity index (χ0n) is 6.84. The van der Waals surface area contributed by atoms with Gasteiger partial charge in [0.25, 0.3) is 0 Å². The maximum atomic E-state index is 4.66. The first-order valence-corrected chi connectivity index (χ1v) is 4.84. The van der Waals surface area contributed by atoms with Crippen molar-refractivity contribution in [1.29, 1.82) is 0 Å². The van der Waals surface area contributed by atoms with Crippen LogP contribution in [0.4, 0.5) is 0 Å². The first kappa shape index (κ1) is 8.96. The van der Waals surface area contributed by atoms with Gasteiger partial charge in [0.05, 0.1) is 3.92 Å². The number of nitrogens with zero attached hydrogens (tertiary/aromatic N) is 2. The lowest BCUT2D eigenvalue weighted by molar-refractivity contribution is 0.299. The molecule has 0 aromatic carbocycles. The highest BCUT2D eigenvalue weighted by atomic mass is 127. The fourth-order valence-corrected chi connectivity index (χ4v) is 1.31. The van der Waals surface area contributed by atoms with E-state index < -0.39 is 0 Å². The Hall–Kier alpha value is -0.130. The van der Waals surface area contributed by atoms with Gasteiger partial charge in [0, 0.05) is 5.92 Å². The van der Waals surface area contributed by atoms with Crippen LogP contribution in [-0.2, 0) is 0 Å². The highest BCUT2D eigenvalue weighted by molar-refractivity contribution is 14.1. The molecule has 0 fully saturated rings. The van der Waals surface area contributed by atoms with Gasteiger partial charge in [-0.15, -0.1) is 0 Å². The molecule has 0 saturated heterocycles. The van der Waals surface area contributed by atoms with Crippen LogP contribution in [0.1, 0.15) is 42.0 Å². The molecule has 0 amide bonds. The Morgan fingerprint density at radius 1 is 1.18 bits per heavy atom. The summed E-state index contributed by atoms with van der Waals surface area (Å²) < 4.78 is 5.03. The summed E-state index contributed by atoms with van der Waals surface area (Å²) >= 11 is 2.30. The first-order chi connectivity index (χ1) is 5.13. The number of hydrogen-bond acceptors (Lipinski definition) is 3. The van der Waals surface area contributed by atoms with E-state index in [1.807, 2.05) is 0 Å². The minimum absolute atomic E-state index is 0.372. The van der Waals surface area contributed by atoms with Crippen molar-refractivity contribution in [1.82, 2.24) is 10.3 Å². The Balaban J connectivity index is 2.96. The smallest absolute Gasteiger partial charge is 0.121 e. The van der Waals surface area contributed by atoms with E-state index in [9.17, 15) is 0 Å². The summed E-state index contributed by atoms with van der Waals surface area (Å²) in [4.78, 5) is 0. The second-order valence-electron chi connectivity index (χ2n) is 2.81. The van der Waals surface area contributed by atoms with E-state index in [2.05, 4.69) is 58.3 Å². The lowest BCUT2D eigenvalue weighted by atomic mass is 10.1. The van der Waals surface area contributed by atoms with Crippen LogP contribution in [-0.4, -0.2) is 10.3 Å². The third-order valence-corrected chi connectivity index (χ3v) is 2.05. The molecule has 0 aliphatic rings. The van der Waals surface area contributed by atoms with E-state index in [4.69, 9.17) is 0 Å². The van der Waals surface area contributed by atoms with Crippen molar-refractivity contribution in [3.63, 3.8) is 0 Å². The minimum Gasteiger partial charge on any atom is -0.244 e. The first-order valence-electron chi connectivity index (χ1n) is 3.59. The molecule has 0 saturated carbocycles. The molecule has 0 aliphatic carbocycles. The van der Waals surface area contributed by atoms with E-state index in [1.54, 1.807) is 0 Å². The number of halogens is 1. The van der Waals surface area contributed by atoms with Gasteiger partial charge in [-0.05, 0) is 6.92 Å². The lowest BCUT2D eigenvalue weighted by Crippen LogP contribution is -1.95. The van der Waals surface area contributed by atoms with Crippen molar-refractivity contribution in [2.75, 3.05) is 0 Å². The fraction of sp³-hybridized carbons (Fsp3) is 0.714. The molecule has 3 nitrogen and oxygen atoms in total. The fourth-order valence-electron chi connectivity index (χ4n) is 0.879. The summed E-state index contributed by atoms with van der Waals surface area (Å²) in [5.41, 5.74) is 1.95. The molecule has 0 bridgehead atoms.